The van der Waals surface area contributed by atoms with E-state index in [0.717, 1.165) is 21.9 Å². The molecule has 2 heterocycles. The summed E-state index contributed by atoms with van der Waals surface area (Å²) in [5, 5.41) is 21.6. The van der Waals surface area contributed by atoms with E-state index < -0.39 is 66.2 Å². The van der Waals surface area contributed by atoms with Gasteiger partial charge in [0.15, 0.2) is 0 Å². The lowest BCUT2D eigenvalue weighted by molar-refractivity contribution is -0.133. The number of nitrogens with one attached hydrogen (secondary N) is 1. The standard InChI is InChI=1S/C32H30F4N6O4/c1-19-4-2-3-5-25(19)29(30(45)39-23-14-32(35,36)15-23)41(24-12-21(33)11-22(34)13-24)31(46)26-17-40(8-9-43)18-28(44)42(26)27-10-20(16-37)6-7-38-27/h2-7,10-13,23,26,29,43H,8-9,14-15,17-18H2,1H3,(H,39,45)/t26-,29-/m0/s1. The van der Waals surface area contributed by atoms with Crippen LogP contribution in [0.4, 0.5) is 29.1 Å². The number of aromatic nitrogens is 1. The first kappa shape index (κ1) is 32.5. The Morgan fingerprint density at radius 1 is 1.15 bits per heavy atom. The molecule has 2 N–H and O–H groups in total. The summed E-state index contributed by atoms with van der Waals surface area (Å²) in [6.07, 6.45) is 0.0356. The number of nitriles is 1. The number of benzene rings is 2. The fourth-order valence-electron chi connectivity index (χ4n) is 5.82. The van der Waals surface area contributed by atoms with Crippen LogP contribution >= 0.6 is 0 Å². The van der Waals surface area contributed by atoms with E-state index in [-0.39, 0.29) is 48.9 Å². The molecule has 10 nitrogen and oxygen atoms in total. The third-order valence-corrected chi connectivity index (χ3v) is 7.98. The van der Waals surface area contributed by atoms with Crippen molar-refractivity contribution in [3.8, 4) is 6.07 Å². The topological polar surface area (TPSA) is 130 Å². The molecule has 240 valence electrons. The Morgan fingerprint density at radius 3 is 2.48 bits per heavy atom. The summed E-state index contributed by atoms with van der Waals surface area (Å²) < 4.78 is 56.9. The SMILES string of the molecule is Cc1ccccc1[C@@H](C(=O)NC1CC(F)(F)C1)N(C(=O)[C@@H]1CN(CCO)CC(=O)N1c1cc(C#N)ccn1)c1cc(F)cc(F)c1. The lowest BCUT2D eigenvalue weighted by atomic mass is 9.87. The minimum absolute atomic E-state index is 0.00121. The van der Waals surface area contributed by atoms with Gasteiger partial charge in [0.2, 0.25) is 11.8 Å². The number of halogens is 4. The van der Waals surface area contributed by atoms with Crippen LogP contribution in [0, 0.1) is 29.9 Å². The van der Waals surface area contributed by atoms with Gasteiger partial charge in [-0.1, -0.05) is 24.3 Å². The van der Waals surface area contributed by atoms with Crippen LogP contribution in [0.3, 0.4) is 0 Å². The summed E-state index contributed by atoms with van der Waals surface area (Å²) in [6.45, 7) is 0.888. The Hall–Kier alpha value is -4.87. The number of aryl methyl sites for hydroxylation is 1. The molecule has 0 unspecified atom stereocenters. The molecule has 2 aliphatic rings. The number of aliphatic hydroxyl groups excluding tert-OH is 1. The van der Waals surface area contributed by atoms with E-state index in [1.165, 1.54) is 29.3 Å². The van der Waals surface area contributed by atoms with Crippen molar-refractivity contribution in [2.75, 3.05) is 36.0 Å². The number of β-amino-alcohol motifs (C(OH)–C–C–N with tert-alkyl or cyclic N) is 1. The summed E-state index contributed by atoms with van der Waals surface area (Å²) in [5.74, 6) is -7.59. The second kappa shape index (κ2) is 13.2. The number of hydrogen-bond acceptors (Lipinski definition) is 7. The molecule has 1 saturated heterocycles. The maximum absolute atomic E-state index is 14.9. The zero-order valence-electron chi connectivity index (χ0n) is 24.7. The zero-order valence-corrected chi connectivity index (χ0v) is 24.7. The largest absolute Gasteiger partial charge is 0.395 e. The van der Waals surface area contributed by atoms with Gasteiger partial charge >= 0.3 is 0 Å². The summed E-state index contributed by atoms with van der Waals surface area (Å²) in [6, 6.07) is 9.39. The first-order chi connectivity index (χ1) is 21.9. The number of rotatable bonds is 9. The summed E-state index contributed by atoms with van der Waals surface area (Å²) in [5.41, 5.74) is 0.531. The van der Waals surface area contributed by atoms with E-state index in [4.69, 9.17) is 0 Å². The molecule has 1 aliphatic heterocycles. The molecular weight excluding hydrogens is 608 g/mol. The average Bonchev–Trinajstić information content (AvgIpc) is 2.98. The van der Waals surface area contributed by atoms with Crippen molar-refractivity contribution < 1.29 is 37.1 Å². The van der Waals surface area contributed by atoms with E-state index in [1.54, 1.807) is 25.1 Å². The van der Waals surface area contributed by atoms with Gasteiger partial charge in [-0.25, -0.2) is 22.5 Å². The van der Waals surface area contributed by atoms with Gasteiger partial charge in [-0.05, 0) is 42.3 Å². The van der Waals surface area contributed by atoms with Crippen LogP contribution in [-0.4, -0.2) is 77.0 Å². The smallest absolute Gasteiger partial charge is 0.252 e. The number of aliphatic hydroxyl groups is 1. The molecule has 2 aromatic carbocycles. The van der Waals surface area contributed by atoms with Crippen molar-refractivity contribution in [1.82, 2.24) is 15.2 Å². The second-order valence-electron chi connectivity index (χ2n) is 11.3. The molecule has 3 amide bonds. The highest BCUT2D eigenvalue weighted by molar-refractivity contribution is 6.10. The Bertz CT molecular complexity index is 1670. The monoisotopic (exact) mass is 638 g/mol. The highest BCUT2D eigenvalue weighted by atomic mass is 19.3. The molecule has 0 radical (unpaired) electrons. The number of carbonyl (C=O) groups excluding carboxylic acids is 3. The number of pyridine rings is 1. The van der Waals surface area contributed by atoms with Crippen molar-refractivity contribution >= 4 is 29.2 Å². The first-order valence-corrected chi connectivity index (χ1v) is 14.4. The predicted octanol–water partition coefficient (Wildman–Crippen LogP) is 3.24. The predicted molar refractivity (Wildman–Crippen MR) is 158 cm³/mol. The zero-order chi connectivity index (χ0) is 33.2. The van der Waals surface area contributed by atoms with Gasteiger partial charge < -0.3 is 10.4 Å². The van der Waals surface area contributed by atoms with Gasteiger partial charge in [-0.2, -0.15) is 5.26 Å². The lowest BCUT2D eigenvalue weighted by Crippen LogP contribution is -2.64. The molecule has 0 bridgehead atoms. The minimum Gasteiger partial charge on any atom is -0.395 e. The third-order valence-electron chi connectivity index (χ3n) is 7.98. The molecule has 0 spiro atoms. The highest BCUT2D eigenvalue weighted by Crippen LogP contribution is 2.39. The Morgan fingerprint density at radius 2 is 1.85 bits per heavy atom. The third kappa shape index (κ3) is 6.85. The van der Waals surface area contributed by atoms with Gasteiger partial charge in [0, 0.05) is 44.2 Å². The Balaban J connectivity index is 1.67. The van der Waals surface area contributed by atoms with Crippen molar-refractivity contribution in [2.45, 2.75) is 43.8 Å². The normalized spacial score (nSPS) is 18.8. The van der Waals surface area contributed by atoms with Crippen molar-refractivity contribution in [2.24, 2.45) is 0 Å². The van der Waals surface area contributed by atoms with Crippen LogP contribution in [0.15, 0.2) is 60.8 Å². The van der Waals surface area contributed by atoms with E-state index in [0.29, 0.717) is 11.6 Å². The minimum atomic E-state index is -2.97. The molecular formula is C32H30F4N6O4. The maximum atomic E-state index is 14.9. The van der Waals surface area contributed by atoms with Crippen LogP contribution in [0.25, 0.3) is 0 Å². The summed E-state index contributed by atoms with van der Waals surface area (Å²) >= 11 is 0. The van der Waals surface area contributed by atoms with Gasteiger partial charge in [0.1, 0.15) is 29.5 Å². The molecule has 5 rings (SSSR count). The Kier molecular flexibility index (Phi) is 9.36. The first-order valence-electron chi connectivity index (χ1n) is 14.4. The van der Waals surface area contributed by atoms with Gasteiger partial charge in [0.25, 0.3) is 11.8 Å². The maximum Gasteiger partial charge on any atom is 0.252 e. The van der Waals surface area contributed by atoms with Crippen molar-refractivity contribution in [1.29, 1.82) is 5.26 Å². The van der Waals surface area contributed by atoms with Gasteiger partial charge in [-0.15, -0.1) is 0 Å². The highest BCUT2D eigenvalue weighted by Gasteiger charge is 2.48. The van der Waals surface area contributed by atoms with Gasteiger partial charge in [-0.3, -0.25) is 29.1 Å². The number of alkyl halides is 2. The molecule has 1 saturated carbocycles. The molecule has 1 aromatic heterocycles. The van der Waals surface area contributed by atoms with Crippen molar-refractivity contribution in [3.05, 3.63) is 89.1 Å². The molecule has 2 fully saturated rings. The molecule has 2 atom stereocenters. The number of carbonyl (C=O) groups is 3. The quantitative estimate of drug-likeness (QED) is 0.345. The molecule has 1 aliphatic carbocycles. The number of nitrogens with zero attached hydrogens (tertiary/aromatic N) is 5. The number of anilines is 2. The summed E-state index contributed by atoms with van der Waals surface area (Å²) in [7, 11) is 0. The fraction of sp³-hybridized carbons (Fsp3) is 0.344. The Labute approximate surface area is 261 Å². The van der Waals surface area contributed by atoms with Crippen LogP contribution in [0.5, 0.6) is 0 Å². The molecule has 14 heteroatoms. The van der Waals surface area contributed by atoms with Crippen LogP contribution in [0.2, 0.25) is 0 Å². The molecule has 3 aromatic rings. The van der Waals surface area contributed by atoms with Crippen LogP contribution in [0.1, 0.15) is 35.6 Å². The average molecular weight is 639 g/mol. The number of hydrogen-bond donors (Lipinski definition) is 2. The van der Waals surface area contributed by atoms with Gasteiger partial charge in [0.05, 0.1) is 30.5 Å². The number of amides is 3. The van der Waals surface area contributed by atoms with Crippen LogP contribution in [-0.2, 0) is 14.4 Å². The number of piperazine rings is 1. The second-order valence-corrected chi connectivity index (χ2v) is 11.3. The summed E-state index contributed by atoms with van der Waals surface area (Å²) in [4.78, 5) is 50.1. The van der Waals surface area contributed by atoms with Crippen molar-refractivity contribution in [3.63, 3.8) is 0 Å². The van der Waals surface area contributed by atoms with E-state index >= 15 is 0 Å². The van der Waals surface area contributed by atoms with E-state index in [1.807, 2.05) is 6.07 Å². The lowest BCUT2D eigenvalue weighted by Gasteiger charge is -2.43. The van der Waals surface area contributed by atoms with Crippen LogP contribution < -0.4 is 15.1 Å². The molecule has 46 heavy (non-hydrogen) atoms. The fourth-order valence-corrected chi connectivity index (χ4v) is 5.82. The van der Waals surface area contributed by atoms with E-state index in [9.17, 15) is 42.3 Å². The van der Waals surface area contributed by atoms with E-state index in [2.05, 4.69) is 10.3 Å².